The number of hydrogen-bond acceptors (Lipinski definition) is 3. The van der Waals surface area contributed by atoms with Gasteiger partial charge in [-0.1, -0.05) is 48.5 Å². The molecule has 1 N–H and O–H groups in total. The van der Waals surface area contributed by atoms with Crippen LogP contribution in [0.4, 0.5) is 5.69 Å². The van der Waals surface area contributed by atoms with Crippen molar-refractivity contribution in [3.8, 4) is 11.1 Å². The number of imide groups is 1. The highest BCUT2D eigenvalue weighted by molar-refractivity contribution is 6.22. The van der Waals surface area contributed by atoms with Crippen molar-refractivity contribution in [1.82, 2.24) is 4.90 Å². The van der Waals surface area contributed by atoms with Crippen LogP contribution < -0.4 is 5.32 Å². The first kappa shape index (κ1) is 18.6. The van der Waals surface area contributed by atoms with Crippen LogP contribution >= 0.6 is 0 Å². The highest BCUT2D eigenvalue weighted by Crippen LogP contribution is 2.27. The van der Waals surface area contributed by atoms with Gasteiger partial charge in [0.25, 0.3) is 11.8 Å². The summed E-state index contributed by atoms with van der Waals surface area (Å²) in [5, 5.41) is 2.87. The van der Waals surface area contributed by atoms with Gasteiger partial charge >= 0.3 is 0 Å². The van der Waals surface area contributed by atoms with Crippen LogP contribution in [0.25, 0.3) is 11.1 Å². The Morgan fingerprint density at radius 2 is 1.55 bits per heavy atom. The smallest absolute Gasteiger partial charge is 0.261 e. The molecule has 0 spiro atoms. The Balaban J connectivity index is 1.52. The fraction of sp³-hybridized carbons (Fsp3) is 0.125. The van der Waals surface area contributed by atoms with E-state index in [4.69, 9.17) is 0 Å². The Hall–Kier alpha value is -3.73. The first-order chi connectivity index (χ1) is 13.9. The number of rotatable bonds is 4. The number of amides is 3. The van der Waals surface area contributed by atoms with Gasteiger partial charge in [0.2, 0.25) is 5.91 Å². The zero-order valence-corrected chi connectivity index (χ0v) is 16.2. The summed E-state index contributed by atoms with van der Waals surface area (Å²) in [4.78, 5) is 38.4. The average molecular weight is 384 g/mol. The molecule has 0 aliphatic carbocycles. The van der Waals surface area contributed by atoms with Crippen LogP contribution in [-0.2, 0) is 11.2 Å². The van der Waals surface area contributed by atoms with Gasteiger partial charge in [-0.3, -0.25) is 19.3 Å². The Kier molecular flexibility index (Phi) is 4.72. The van der Waals surface area contributed by atoms with Gasteiger partial charge in [0.05, 0.1) is 17.5 Å². The number of aryl methyl sites for hydroxylation is 1. The summed E-state index contributed by atoms with van der Waals surface area (Å²) in [6.45, 7) is 1.85. The summed E-state index contributed by atoms with van der Waals surface area (Å²) >= 11 is 0. The molecule has 1 heterocycles. The summed E-state index contributed by atoms with van der Waals surface area (Å²) in [5.41, 5.74) is 4.96. The van der Waals surface area contributed by atoms with E-state index in [0.717, 1.165) is 21.6 Å². The van der Waals surface area contributed by atoms with Crippen LogP contribution in [0.1, 0.15) is 31.8 Å². The van der Waals surface area contributed by atoms with Gasteiger partial charge in [-0.25, -0.2) is 0 Å². The van der Waals surface area contributed by atoms with Crippen LogP contribution in [0.5, 0.6) is 0 Å². The molecule has 5 nitrogen and oxygen atoms in total. The molecular weight excluding hydrogens is 364 g/mol. The lowest BCUT2D eigenvalue weighted by molar-refractivity contribution is -0.115. The molecule has 3 aromatic carbocycles. The number of hydrogen-bond donors (Lipinski definition) is 1. The van der Waals surface area contributed by atoms with Gasteiger partial charge in [0.1, 0.15) is 0 Å². The molecular formula is C24H20N2O3. The summed E-state index contributed by atoms with van der Waals surface area (Å²) in [6, 6.07) is 21.1. The average Bonchev–Trinajstić information content (AvgIpc) is 2.93. The zero-order chi connectivity index (χ0) is 20.5. The van der Waals surface area contributed by atoms with Gasteiger partial charge in [-0.15, -0.1) is 0 Å². The number of nitrogens with one attached hydrogen (secondary N) is 1. The molecule has 144 valence electrons. The Morgan fingerprint density at radius 3 is 2.24 bits per heavy atom. The maximum Gasteiger partial charge on any atom is 0.261 e. The van der Waals surface area contributed by atoms with E-state index in [1.165, 1.54) is 7.05 Å². The summed E-state index contributed by atoms with van der Waals surface area (Å²) < 4.78 is 0. The lowest BCUT2D eigenvalue weighted by Gasteiger charge is -2.10. The molecule has 1 aliphatic heterocycles. The second-order valence-corrected chi connectivity index (χ2v) is 7.18. The fourth-order valence-electron chi connectivity index (χ4n) is 3.62. The molecule has 0 aromatic heterocycles. The van der Waals surface area contributed by atoms with Crippen LogP contribution in [-0.4, -0.2) is 29.7 Å². The normalized spacial score (nSPS) is 12.8. The van der Waals surface area contributed by atoms with Crippen molar-refractivity contribution in [3.63, 3.8) is 0 Å². The molecule has 0 fully saturated rings. The topological polar surface area (TPSA) is 66.5 Å². The predicted molar refractivity (Wildman–Crippen MR) is 112 cm³/mol. The summed E-state index contributed by atoms with van der Waals surface area (Å²) in [5.74, 6) is -0.924. The van der Waals surface area contributed by atoms with Crippen molar-refractivity contribution < 1.29 is 14.4 Å². The third-order valence-corrected chi connectivity index (χ3v) is 5.04. The van der Waals surface area contributed by atoms with Crippen molar-refractivity contribution in [2.75, 3.05) is 12.4 Å². The van der Waals surface area contributed by atoms with E-state index >= 15 is 0 Å². The number of nitrogens with zero attached hydrogens (tertiary/aromatic N) is 1. The van der Waals surface area contributed by atoms with Crippen LogP contribution in [0.15, 0.2) is 66.7 Å². The molecule has 0 saturated carbocycles. The van der Waals surface area contributed by atoms with Crippen LogP contribution in [0, 0.1) is 6.92 Å². The molecule has 5 heteroatoms. The largest absolute Gasteiger partial charge is 0.326 e. The van der Waals surface area contributed by atoms with Gasteiger partial charge in [-0.05, 0) is 47.4 Å². The van der Waals surface area contributed by atoms with E-state index in [-0.39, 0.29) is 24.1 Å². The van der Waals surface area contributed by atoms with Crippen molar-refractivity contribution in [2.45, 2.75) is 13.3 Å². The summed E-state index contributed by atoms with van der Waals surface area (Å²) in [6.07, 6.45) is 0.0251. The van der Waals surface area contributed by atoms with E-state index in [2.05, 4.69) is 5.32 Å². The van der Waals surface area contributed by atoms with Crippen molar-refractivity contribution in [3.05, 3.63) is 89.0 Å². The number of carbonyl (C=O) groups excluding carboxylic acids is 3. The number of fused-ring (bicyclic) bond motifs is 1. The Bertz CT molecular complexity index is 1120. The third-order valence-electron chi connectivity index (χ3n) is 5.04. The van der Waals surface area contributed by atoms with E-state index < -0.39 is 0 Å². The van der Waals surface area contributed by atoms with Gasteiger partial charge < -0.3 is 5.32 Å². The molecule has 29 heavy (non-hydrogen) atoms. The Labute approximate surface area is 169 Å². The standard InChI is InChI=1S/C24H20N2O3/c1-15-12-18(22-20(13-15)23(28)26(2)24(22)29)14-21(27)25-19-10-8-17(9-11-19)16-6-4-3-5-7-16/h3-13H,14H2,1-2H3,(H,25,27). The maximum atomic E-state index is 12.6. The fourth-order valence-corrected chi connectivity index (χ4v) is 3.62. The van der Waals surface area contributed by atoms with Gasteiger partial charge in [0, 0.05) is 12.7 Å². The van der Waals surface area contributed by atoms with Crippen LogP contribution in [0.2, 0.25) is 0 Å². The first-order valence-electron chi connectivity index (χ1n) is 9.35. The highest BCUT2D eigenvalue weighted by atomic mass is 16.2. The molecule has 0 unspecified atom stereocenters. The van der Waals surface area contributed by atoms with E-state index in [0.29, 0.717) is 22.4 Å². The highest BCUT2D eigenvalue weighted by Gasteiger charge is 2.35. The number of benzene rings is 3. The minimum Gasteiger partial charge on any atom is -0.326 e. The summed E-state index contributed by atoms with van der Waals surface area (Å²) in [7, 11) is 1.46. The van der Waals surface area contributed by atoms with E-state index in [9.17, 15) is 14.4 Å². The van der Waals surface area contributed by atoms with E-state index in [1.807, 2.05) is 61.5 Å². The van der Waals surface area contributed by atoms with Crippen molar-refractivity contribution in [1.29, 1.82) is 0 Å². The lowest BCUT2D eigenvalue weighted by Crippen LogP contribution is -2.24. The van der Waals surface area contributed by atoms with Gasteiger partial charge in [0.15, 0.2) is 0 Å². The molecule has 0 radical (unpaired) electrons. The monoisotopic (exact) mass is 384 g/mol. The second kappa shape index (κ2) is 7.36. The minimum atomic E-state index is -0.361. The zero-order valence-electron chi connectivity index (χ0n) is 16.2. The number of carbonyl (C=O) groups is 3. The number of anilines is 1. The third kappa shape index (κ3) is 3.55. The van der Waals surface area contributed by atoms with Crippen LogP contribution in [0.3, 0.4) is 0 Å². The molecule has 0 atom stereocenters. The van der Waals surface area contributed by atoms with E-state index in [1.54, 1.807) is 12.1 Å². The maximum absolute atomic E-state index is 12.6. The SMILES string of the molecule is Cc1cc(CC(=O)Nc2ccc(-c3ccccc3)cc2)c2c(c1)C(=O)N(C)C2=O. The molecule has 3 amide bonds. The molecule has 0 saturated heterocycles. The van der Waals surface area contributed by atoms with Crippen molar-refractivity contribution in [2.24, 2.45) is 0 Å². The van der Waals surface area contributed by atoms with Crippen molar-refractivity contribution >= 4 is 23.4 Å². The second-order valence-electron chi connectivity index (χ2n) is 7.18. The lowest BCUT2D eigenvalue weighted by atomic mass is 9.97. The van der Waals surface area contributed by atoms with Gasteiger partial charge in [-0.2, -0.15) is 0 Å². The first-order valence-corrected chi connectivity index (χ1v) is 9.35. The quantitative estimate of drug-likeness (QED) is 0.690. The molecule has 1 aliphatic rings. The molecule has 4 rings (SSSR count). The molecule has 3 aromatic rings. The predicted octanol–water partition coefficient (Wildman–Crippen LogP) is 4.07. The Morgan fingerprint density at radius 1 is 0.897 bits per heavy atom. The minimum absolute atomic E-state index is 0.0251. The molecule has 0 bridgehead atoms.